The summed E-state index contributed by atoms with van der Waals surface area (Å²) in [6, 6.07) is 12.4. The highest BCUT2D eigenvalue weighted by molar-refractivity contribution is 5.75. The molecule has 1 aliphatic heterocycles. The first-order valence-corrected chi connectivity index (χ1v) is 8.23. The lowest BCUT2D eigenvalue weighted by molar-refractivity contribution is -0.121. The third-order valence-corrected chi connectivity index (χ3v) is 4.54. The smallest absolute Gasteiger partial charge is 0.220 e. The van der Waals surface area contributed by atoms with E-state index >= 15 is 0 Å². The Hall–Kier alpha value is -2.07. The van der Waals surface area contributed by atoms with Crippen LogP contribution in [0.1, 0.15) is 24.2 Å². The maximum Gasteiger partial charge on any atom is 0.220 e. The van der Waals surface area contributed by atoms with Crippen molar-refractivity contribution in [2.75, 3.05) is 20.1 Å². The molecule has 1 aliphatic rings. The van der Waals surface area contributed by atoms with Gasteiger partial charge in [0.15, 0.2) is 0 Å². The van der Waals surface area contributed by atoms with Gasteiger partial charge in [-0.15, -0.1) is 0 Å². The molecule has 0 aliphatic carbocycles. The lowest BCUT2D eigenvalue weighted by Crippen LogP contribution is -2.24. The van der Waals surface area contributed by atoms with Gasteiger partial charge in [-0.05, 0) is 43.5 Å². The summed E-state index contributed by atoms with van der Waals surface area (Å²) in [5.41, 5.74) is 2.44. The Labute approximate surface area is 137 Å². The summed E-state index contributed by atoms with van der Waals surface area (Å²) in [5, 5.41) is 2.72. The van der Waals surface area contributed by atoms with Crippen molar-refractivity contribution in [3.05, 3.63) is 47.7 Å². The van der Waals surface area contributed by atoms with Crippen molar-refractivity contribution in [2.45, 2.75) is 26.3 Å². The third kappa shape index (κ3) is 3.82. The molecule has 2 aromatic rings. The SMILES string of the molecule is CNC(=O)CC1CCN(Cc2ccccc2-c2ccc(C)o2)C1. The molecular weight excluding hydrogens is 288 g/mol. The number of amides is 1. The predicted octanol–water partition coefficient (Wildman–Crippen LogP) is 3.21. The summed E-state index contributed by atoms with van der Waals surface area (Å²) in [5.74, 6) is 2.47. The van der Waals surface area contributed by atoms with Crippen LogP contribution in [0.15, 0.2) is 40.8 Å². The molecule has 1 saturated heterocycles. The first-order chi connectivity index (χ1) is 11.2. The number of rotatable bonds is 5. The van der Waals surface area contributed by atoms with Gasteiger partial charge < -0.3 is 9.73 Å². The zero-order chi connectivity index (χ0) is 16.2. The van der Waals surface area contributed by atoms with Crippen LogP contribution in [0.2, 0.25) is 0 Å². The first kappa shape index (κ1) is 15.8. The summed E-state index contributed by atoms with van der Waals surface area (Å²) < 4.78 is 5.79. The molecule has 1 N–H and O–H groups in total. The Balaban J connectivity index is 1.68. The maximum absolute atomic E-state index is 11.5. The second-order valence-electron chi connectivity index (χ2n) is 6.33. The molecule has 0 bridgehead atoms. The molecule has 2 heterocycles. The van der Waals surface area contributed by atoms with E-state index in [0.717, 1.165) is 43.1 Å². The summed E-state index contributed by atoms with van der Waals surface area (Å²) in [4.78, 5) is 14.0. The van der Waals surface area contributed by atoms with Crippen LogP contribution in [-0.4, -0.2) is 30.9 Å². The topological polar surface area (TPSA) is 45.5 Å². The first-order valence-electron chi connectivity index (χ1n) is 8.23. The van der Waals surface area contributed by atoms with Crippen LogP contribution in [0.5, 0.6) is 0 Å². The molecule has 1 unspecified atom stereocenters. The van der Waals surface area contributed by atoms with Crippen molar-refractivity contribution in [1.29, 1.82) is 0 Å². The van der Waals surface area contributed by atoms with Crippen molar-refractivity contribution in [3.63, 3.8) is 0 Å². The van der Waals surface area contributed by atoms with Gasteiger partial charge in [0.25, 0.3) is 0 Å². The number of likely N-dealkylation sites (tertiary alicyclic amines) is 1. The normalized spacial score (nSPS) is 18.3. The standard InChI is InChI=1S/C19H24N2O2/c1-14-7-8-18(23-14)17-6-4-3-5-16(17)13-21-10-9-15(12-21)11-19(22)20-2/h3-8,15H,9-13H2,1-2H3,(H,20,22). The molecule has 4 nitrogen and oxygen atoms in total. The molecular formula is C19H24N2O2. The van der Waals surface area contributed by atoms with Gasteiger partial charge in [0, 0.05) is 32.1 Å². The number of hydrogen-bond donors (Lipinski definition) is 1. The van der Waals surface area contributed by atoms with Crippen LogP contribution in [0.3, 0.4) is 0 Å². The molecule has 1 atom stereocenters. The number of carbonyl (C=O) groups is 1. The molecule has 1 amide bonds. The zero-order valence-corrected chi connectivity index (χ0v) is 13.8. The second kappa shape index (κ2) is 7.01. The highest BCUT2D eigenvalue weighted by atomic mass is 16.3. The van der Waals surface area contributed by atoms with Crippen LogP contribution >= 0.6 is 0 Å². The zero-order valence-electron chi connectivity index (χ0n) is 13.8. The van der Waals surface area contributed by atoms with Gasteiger partial charge in [-0.2, -0.15) is 0 Å². The minimum Gasteiger partial charge on any atom is -0.461 e. The van der Waals surface area contributed by atoms with Crippen LogP contribution in [0, 0.1) is 12.8 Å². The molecule has 23 heavy (non-hydrogen) atoms. The van der Waals surface area contributed by atoms with Crippen molar-refractivity contribution in [3.8, 4) is 11.3 Å². The van der Waals surface area contributed by atoms with Gasteiger partial charge in [-0.1, -0.05) is 24.3 Å². The van der Waals surface area contributed by atoms with Crippen molar-refractivity contribution < 1.29 is 9.21 Å². The highest BCUT2D eigenvalue weighted by Gasteiger charge is 2.25. The van der Waals surface area contributed by atoms with E-state index in [-0.39, 0.29) is 5.91 Å². The molecule has 0 saturated carbocycles. The number of hydrogen-bond acceptors (Lipinski definition) is 3. The Bertz CT molecular complexity index is 678. The Kier molecular flexibility index (Phi) is 4.82. The number of carbonyl (C=O) groups excluding carboxylic acids is 1. The van der Waals surface area contributed by atoms with Crippen LogP contribution in [0.25, 0.3) is 11.3 Å². The average Bonchev–Trinajstić information content (AvgIpc) is 3.17. The Morgan fingerprint density at radius 1 is 1.30 bits per heavy atom. The van der Waals surface area contributed by atoms with E-state index < -0.39 is 0 Å². The molecule has 1 fully saturated rings. The van der Waals surface area contributed by atoms with Gasteiger partial charge >= 0.3 is 0 Å². The monoisotopic (exact) mass is 312 g/mol. The predicted molar refractivity (Wildman–Crippen MR) is 90.9 cm³/mol. The number of aryl methyl sites for hydroxylation is 1. The van der Waals surface area contributed by atoms with Crippen molar-refractivity contribution >= 4 is 5.91 Å². The quantitative estimate of drug-likeness (QED) is 0.922. The fourth-order valence-corrected chi connectivity index (χ4v) is 3.31. The van der Waals surface area contributed by atoms with E-state index in [4.69, 9.17) is 4.42 Å². The number of nitrogens with one attached hydrogen (secondary N) is 1. The highest BCUT2D eigenvalue weighted by Crippen LogP contribution is 2.28. The summed E-state index contributed by atoms with van der Waals surface area (Å²) in [6.07, 6.45) is 1.72. The molecule has 3 rings (SSSR count). The Morgan fingerprint density at radius 2 is 2.13 bits per heavy atom. The average molecular weight is 312 g/mol. The number of benzene rings is 1. The molecule has 0 spiro atoms. The largest absolute Gasteiger partial charge is 0.461 e. The maximum atomic E-state index is 11.5. The van der Waals surface area contributed by atoms with E-state index in [0.29, 0.717) is 12.3 Å². The molecule has 1 aromatic heterocycles. The fraction of sp³-hybridized carbons (Fsp3) is 0.421. The third-order valence-electron chi connectivity index (χ3n) is 4.54. The minimum absolute atomic E-state index is 0.142. The van der Waals surface area contributed by atoms with Gasteiger partial charge in [0.05, 0.1) is 0 Å². The number of nitrogens with zero attached hydrogens (tertiary/aromatic N) is 1. The Morgan fingerprint density at radius 3 is 2.87 bits per heavy atom. The van der Waals surface area contributed by atoms with Crippen LogP contribution < -0.4 is 5.32 Å². The van der Waals surface area contributed by atoms with Gasteiger partial charge in [0.2, 0.25) is 5.91 Å². The lowest BCUT2D eigenvalue weighted by Gasteiger charge is -2.18. The summed E-state index contributed by atoms with van der Waals surface area (Å²) in [6.45, 7) is 4.90. The lowest BCUT2D eigenvalue weighted by atomic mass is 10.0. The molecule has 1 aromatic carbocycles. The number of furan rings is 1. The van der Waals surface area contributed by atoms with Gasteiger partial charge in [-0.25, -0.2) is 0 Å². The van der Waals surface area contributed by atoms with E-state index in [1.165, 1.54) is 5.56 Å². The molecule has 4 heteroatoms. The van der Waals surface area contributed by atoms with Crippen molar-refractivity contribution in [1.82, 2.24) is 10.2 Å². The molecule has 0 radical (unpaired) electrons. The second-order valence-corrected chi connectivity index (χ2v) is 6.33. The minimum atomic E-state index is 0.142. The van der Waals surface area contributed by atoms with Gasteiger partial charge in [-0.3, -0.25) is 9.69 Å². The van der Waals surface area contributed by atoms with E-state index in [1.54, 1.807) is 7.05 Å². The van der Waals surface area contributed by atoms with E-state index in [1.807, 2.05) is 19.1 Å². The summed E-state index contributed by atoms with van der Waals surface area (Å²) >= 11 is 0. The van der Waals surface area contributed by atoms with Crippen LogP contribution in [0.4, 0.5) is 0 Å². The fourth-order valence-electron chi connectivity index (χ4n) is 3.31. The van der Waals surface area contributed by atoms with E-state index in [2.05, 4.69) is 34.5 Å². The van der Waals surface area contributed by atoms with Crippen LogP contribution in [-0.2, 0) is 11.3 Å². The summed E-state index contributed by atoms with van der Waals surface area (Å²) in [7, 11) is 1.71. The molecule has 122 valence electrons. The van der Waals surface area contributed by atoms with E-state index in [9.17, 15) is 4.79 Å². The van der Waals surface area contributed by atoms with Gasteiger partial charge in [0.1, 0.15) is 11.5 Å². The van der Waals surface area contributed by atoms with Crippen molar-refractivity contribution in [2.24, 2.45) is 5.92 Å².